The molecule has 206 valence electrons. The maximum absolute atomic E-state index is 11.9. The van der Waals surface area contributed by atoms with Gasteiger partial charge in [0.25, 0.3) is 0 Å². The standard InChI is InChI=1S/C30H36N4O4S/c1-4-36-29(35)25-10-8-23(9-11-25)27-20-34-30(31-27)39-28(32-34)24-12-14-26(15-13-24)37-17-7-5-6-16-33-18-21(2)38-22(3)19-33/h8-15,20-22H,4-7,16-19H2,1-3H3/t21-,22+. The van der Waals surface area contributed by atoms with E-state index in [-0.39, 0.29) is 5.97 Å². The summed E-state index contributed by atoms with van der Waals surface area (Å²) in [7, 11) is 0. The molecule has 2 aromatic heterocycles. The molecule has 39 heavy (non-hydrogen) atoms. The monoisotopic (exact) mass is 548 g/mol. The predicted octanol–water partition coefficient (Wildman–Crippen LogP) is 5.96. The molecule has 0 radical (unpaired) electrons. The topological polar surface area (TPSA) is 78.2 Å². The summed E-state index contributed by atoms with van der Waals surface area (Å²) in [5.74, 6) is 0.561. The van der Waals surface area contributed by atoms with Gasteiger partial charge in [0.1, 0.15) is 10.8 Å². The Balaban J connectivity index is 1.09. The van der Waals surface area contributed by atoms with Gasteiger partial charge in [0.2, 0.25) is 4.96 Å². The minimum atomic E-state index is -0.318. The van der Waals surface area contributed by atoms with Crippen LogP contribution in [0.3, 0.4) is 0 Å². The van der Waals surface area contributed by atoms with Gasteiger partial charge < -0.3 is 14.2 Å². The van der Waals surface area contributed by atoms with Gasteiger partial charge in [-0.15, -0.1) is 0 Å². The number of aromatic nitrogens is 3. The minimum absolute atomic E-state index is 0.318. The molecule has 5 rings (SSSR count). The van der Waals surface area contributed by atoms with E-state index in [4.69, 9.17) is 24.3 Å². The van der Waals surface area contributed by atoms with Crippen LogP contribution in [-0.2, 0) is 9.47 Å². The number of benzene rings is 2. The van der Waals surface area contributed by atoms with E-state index in [1.54, 1.807) is 23.6 Å². The molecule has 0 amide bonds. The zero-order valence-corrected chi connectivity index (χ0v) is 23.7. The average molecular weight is 549 g/mol. The predicted molar refractivity (Wildman–Crippen MR) is 153 cm³/mol. The molecule has 1 aliphatic heterocycles. The average Bonchev–Trinajstić information content (AvgIpc) is 3.51. The third-order valence-corrected chi connectivity index (χ3v) is 7.69. The number of nitrogens with zero attached hydrogens (tertiary/aromatic N) is 4. The molecule has 0 bridgehead atoms. The first-order chi connectivity index (χ1) is 19.0. The Hall–Kier alpha value is -3.27. The molecule has 0 aliphatic carbocycles. The van der Waals surface area contributed by atoms with Gasteiger partial charge in [-0.3, -0.25) is 4.90 Å². The number of unbranched alkanes of at least 4 members (excludes halogenated alkanes) is 2. The Morgan fingerprint density at radius 1 is 1.00 bits per heavy atom. The molecule has 3 heterocycles. The fourth-order valence-corrected chi connectivity index (χ4v) is 5.80. The molecule has 9 heteroatoms. The fraction of sp³-hybridized carbons (Fsp3) is 0.433. The van der Waals surface area contributed by atoms with Crippen LogP contribution in [0, 0.1) is 0 Å². The summed E-state index contributed by atoms with van der Waals surface area (Å²) in [5, 5.41) is 5.62. The van der Waals surface area contributed by atoms with Crippen LogP contribution < -0.4 is 4.74 Å². The Labute approximate surface area is 233 Å². The maximum Gasteiger partial charge on any atom is 0.338 e. The molecule has 0 spiro atoms. The van der Waals surface area contributed by atoms with Gasteiger partial charge in [-0.1, -0.05) is 23.5 Å². The second kappa shape index (κ2) is 12.7. The van der Waals surface area contributed by atoms with E-state index in [1.807, 2.05) is 42.6 Å². The van der Waals surface area contributed by atoms with Crippen molar-refractivity contribution in [2.45, 2.75) is 52.2 Å². The summed E-state index contributed by atoms with van der Waals surface area (Å²) in [4.78, 5) is 19.9. The molecule has 1 fully saturated rings. The number of rotatable bonds is 11. The van der Waals surface area contributed by atoms with Crippen molar-refractivity contribution in [2.24, 2.45) is 0 Å². The molecule has 0 unspecified atom stereocenters. The lowest BCUT2D eigenvalue weighted by molar-refractivity contribution is -0.0682. The number of hydrogen-bond donors (Lipinski definition) is 0. The van der Waals surface area contributed by atoms with E-state index in [2.05, 4.69) is 18.7 Å². The second-order valence-corrected chi connectivity index (χ2v) is 11.0. The first-order valence-electron chi connectivity index (χ1n) is 13.7. The molecule has 1 saturated heterocycles. The number of fused-ring (bicyclic) bond motifs is 1. The van der Waals surface area contributed by atoms with E-state index < -0.39 is 0 Å². The quantitative estimate of drug-likeness (QED) is 0.169. The minimum Gasteiger partial charge on any atom is -0.494 e. The maximum atomic E-state index is 11.9. The smallest absolute Gasteiger partial charge is 0.338 e. The summed E-state index contributed by atoms with van der Waals surface area (Å²) in [6.07, 6.45) is 5.97. The van der Waals surface area contributed by atoms with Crippen molar-refractivity contribution < 1.29 is 19.0 Å². The van der Waals surface area contributed by atoms with Gasteiger partial charge >= 0.3 is 5.97 Å². The first-order valence-corrected chi connectivity index (χ1v) is 14.5. The number of imidazole rings is 1. The van der Waals surface area contributed by atoms with Crippen LogP contribution in [0.25, 0.3) is 26.8 Å². The molecule has 8 nitrogen and oxygen atoms in total. The summed E-state index contributed by atoms with van der Waals surface area (Å²) < 4.78 is 18.6. The van der Waals surface area contributed by atoms with Crippen molar-refractivity contribution in [2.75, 3.05) is 32.8 Å². The molecule has 0 N–H and O–H groups in total. The fourth-order valence-electron chi connectivity index (χ4n) is 4.91. The van der Waals surface area contributed by atoms with Gasteiger partial charge in [0, 0.05) is 24.2 Å². The number of carbonyl (C=O) groups is 1. The van der Waals surface area contributed by atoms with Crippen LogP contribution in [0.1, 0.15) is 50.4 Å². The Morgan fingerprint density at radius 3 is 2.41 bits per heavy atom. The van der Waals surface area contributed by atoms with Crippen LogP contribution in [0.4, 0.5) is 0 Å². The van der Waals surface area contributed by atoms with Gasteiger partial charge in [0.05, 0.1) is 42.9 Å². The number of hydrogen-bond acceptors (Lipinski definition) is 8. The third-order valence-electron chi connectivity index (χ3n) is 6.72. The van der Waals surface area contributed by atoms with E-state index in [1.165, 1.54) is 17.8 Å². The van der Waals surface area contributed by atoms with Gasteiger partial charge in [0.15, 0.2) is 0 Å². The molecule has 2 atom stereocenters. The van der Waals surface area contributed by atoms with Crippen molar-refractivity contribution in [1.82, 2.24) is 19.5 Å². The van der Waals surface area contributed by atoms with Gasteiger partial charge in [-0.05, 0) is 83.0 Å². The number of carbonyl (C=O) groups excluding carboxylic acids is 1. The highest BCUT2D eigenvalue weighted by molar-refractivity contribution is 7.19. The van der Waals surface area contributed by atoms with Gasteiger partial charge in [-0.25, -0.2) is 14.3 Å². The van der Waals surface area contributed by atoms with Crippen molar-refractivity contribution >= 4 is 22.3 Å². The zero-order chi connectivity index (χ0) is 27.2. The Bertz CT molecular complexity index is 1320. The Morgan fingerprint density at radius 2 is 1.72 bits per heavy atom. The van der Waals surface area contributed by atoms with E-state index >= 15 is 0 Å². The summed E-state index contributed by atoms with van der Waals surface area (Å²) in [6.45, 7) is 10.4. The molecular weight excluding hydrogens is 512 g/mol. The van der Waals surface area contributed by atoms with Crippen molar-refractivity contribution in [3.05, 3.63) is 60.3 Å². The Kier molecular flexibility index (Phi) is 8.91. The van der Waals surface area contributed by atoms with E-state index in [9.17, 15) is 4.79 Å². The SMILES string of the molecule is CCOC(=O)c1ccc(-c2cn3nc(-c4ccc(OCCCCCN5C[C@@H](C)O[C@@H](C)C5)cc4)sc3n2)cc1. The second-order valence-electron chi connectivity index (χ2n) is 10.0. The number of morpholine rings is 1. The third kappa shape index (κ3) is 7.03. The molecule has 0 saturated carbocycles. The summed E-state index contributed by atoms with van der Waals surface area (Å²) in [6, 6.07) is 15.4. The lowest BCUT2D eigenvalue weighted by atomic mass is 10.1. The first kappa shape index (κ1) is 27.3. The zero-order valence-electron chi connectivity index (χ0n) is 22.8. The lowest BCUT2D eigenvalue weighted by Gasteiger charge is -2.35. The largest absolute Gasteiger partial charge is 0.494 e. The van der Waals surface area contributed by atoms with Crippen LogP contribution in [0.15, 0.2) is 54.7 Å². The van der Waals surface area contributed by atoms with E-state index in [0.29, 0.717) is 24.4 Å². The molecular formula is C30H36N4O4S. The van der Waals surface area contributed by atoms with Crippen LogP contribution >= 0.6 is 11.3 Å². The normalized spacial score (nSPS) is 17.9. The van der Waals surface area contributed by atoms with Crippen molar-refractivity contribution in [3.8, 4) is 27.6 Å². The van der Waals surface area contributed by atoms with Crippen molar-refractivity contribution in [1.29, 1.82) is 0 Å². The van der Waals surface area contributed by atoms with Crippen LogP contribution in [0.5, 0.6) is 5.75 Å². The van der Waals surface area contributed by atoms with Crippen LogP contribution in [0.2, 0.25) is 0 Å². The summed E-state index contributed by atoms with van der Waals surface area (Å²) in [5.41, 5.74) is 3.30. The highest BCUT2D eigenvalue weighted by Crippen LogP contribution is 2.29. The van der Waals surface area contributed by atoms with E-state index in [0.717, 1.165) is 71.6 Å². The van der Waals surface area contributed by atoms with Crippen molar-refractivity contribution in [3.63, 3.8) is 0 Å². The lowest BCUT2D eigenvalue weighted by Crippen LogP contribution is -2.45. The van der Waals surface area contributed by atoms with Crippen LogP contribution in [-0.4, -0.2) is 70.5 Å². The highest BCUT2D eigenvalue weighted by atomic mass is 32.1. The highest BCUT2D eigenvalue weighted by Gasteiger charge is 2.21. The number of esters is 1. The molecule has 1 aliphatic rings. The summed E-state index contributed by atoms with van der Waals surface area (Å²) >= 11 is 1.54. The molecule has 4 aromatic rings. The molecule has 2 aromatic carbocycles. The van der Waals surface area contributed by atoms with Gasteiger partial charge in [-0.2, -0.15) is 5.10 Å². The number of ether oxygens (including phenoxy) is 3.